The molecule has 0 spiro atoms. The van der Waals surface area contributed by atoms with Gasteiger partial charge >= 0.3 is 5.97 Å². The van der Waals surface area contributed by atoms with Crippen molar-refractivity contribution >= 4 is 33.4 Å². The molecule has 5 nitrogen and oxygen atoms in total. The minimum Gasteiger partial charge on any atom is -0.455 e. The number of hydrogen-bond donors (Lipinski definition) is 1. The van der Waals surface area contributed by atoms with Gasteiger partial charge in [-0.25, -0.2) is 4.98 Å². The molecular formula is C23H28N2O3S. The van der Waals surface area contributed by atoms with Crippen LogP contribution >= 0.6 is 11.3 Å². The number of aromatic nitrogens is 1. The van der Waals surface area contributed by atoms with Crippen molar-refractivity contribution in [3.63, 3.8) is 0 Å². The van der Waals surface area contributed by atoms with Gasteiger partial charge in [-0.05, 0) is 37.8 Å². The lowest BCUT2D eigenvalue weighted by Crippen LogP contribution is -2.48. The van der Waals surface area contributed by atoms with Gasteiger partial charge in [0.25, 0.3) is 5.91 Å². The fraction of sp³-hybridized carbons (Fsp3) is 0.522. The van der Waals surface area contributed by atoms with Crippen LogP contribution in [0.5, 0.6) is 0 Å². The van der Waals surface area contributed by atoms with Crippen LogP contribution in [0.25, 0.3) is 10.2 Å². The first-order valence-electron chi connectivity index (χ1n) is 10.3. The van der Waals surface area contributed by atoms with Crippen molar-refractivity contribution in [3.05, 3.63) is 29.3 Å². The first-order chi connectivity index (χ1) is 14.0. The highest BCUT2D eigenvalue weighted by atomic mass is 32.1. The summed E-state index contributed by atoms with van der Waals surface area (Å²) in [6.07, 6.45) is 10.9. The van der Waals surface area contributed by atoms with Gasteiger partial charge in [-0.1, -0.05) is 44.7 Å². The second kappa shape index (κ2) is 8.96. The highest BCUT2D eigenvalue weighted by Crippen LogP contribution is 2.43. The normalized spacial score (nSPS) is 15.8. The van der Waals surface area contributed by atoms with E-state index in [1.807, 2.05) is 38.1 Å². The molecule has 1 aliphatic carbocycles. The predicted molar refractivity (Wildman–Crippen MR) is 115 cm³/mol. The molecule has 1 aromatic heterocycles. The third-order valence-corrected chi connectivity index (χ3v) is 7.05. The number of terminal acetylenes is 1. The minimum atomic E-state index is -0.685. The predicted octanol–water partition coefficient (Wildman–Crippen LogP) is 4.25. The molecular weight excluding hydrogens is 384 g/mol. The minimum absolute atomic E-state index is 0.302. The number of fused-ring (bicyclic) bond motifs is 1. The smallest absolute Gasteiger partial charge is 0.313 e. The molecule has 1 aliphatic rings. The Morgan fingerprint density at radius 1 is 1.28 bits per heavy atom. The second-order valence-corrected chi connectivity index (χ2v) is 8.91. The Bertz CT molecular complexity index is 885. The molecule has 0 radical (unpaired) electrons. The molecule has 1 saturated carbocycles. The number of amides is 1. The van der Waals surface area contributed by atoms with Crippen molar-refractivity contribution in [2.75, 3.05) is 6.61 Å². The van der Waals surface area contributed by atoms with E-state index in [0.29, 0.717) is 19.3 Å². The quantitative estimate of drug-likeness (QED) is 0.520. The number of carbonyl (C=O) groups is 2. The van der Waals surface area contributed by atoms with Gasteiger partial charge in [0.1, 0.15) is 5.54 Å². The number of benzene rings is 1. The van der Waals surface area contributed by atoms with Gasteiger partial charge in [-0.3, -0.25) is 9.59 Å². The SMILES string of the molecule is C#CC(CC)(CC)NC(=O)COC(=O)C1(Cc2nc3ccccc3s2)CCCC1. The molecule has 2 aromatic rings. The van der Waals surface area contributed by atoms with Crippen LogP contribution in [0, 0.1) is 17.8 Å². The number of carbonyl (C=O) groups excluding carboxylic acids is 2. The maximum absolute atomic E-state index is 13.0. The van der Waals surface area contributed by atoms with Crippen LogP contribution in [-0.2, 0) is 20.7 Å². The number of para-hydroxylation sites is 1. The molecule has 3 rings (SSSR count). The van der Waals surface area contributed by atoms with E-state index in [4.69, 9.17) is 11.2 Å². The summed E-state index contributed by atoms with van der Waals surface area (Å²) >= 11 is 1.62. The van der Waals surface area contributed by atoms with E-state index in [2.05, 4.69) is 16.2 Å². The van der Waals surface area contributed by atoms with Crippen LogP contribution in [0.1, 0.15) is 57.4 Å². The Kier molecular flexibility index (Phi) is 6.59. The molecule has 1 heterocycles. The zero-order chi connectivity index (χ0) is 20.9. The van der Waals surface area contributed by atoms with Crippen molar-refractivity contribution in [3.8, 4) is 12.3 Å². The third kappa shape index (κ3) is 4.62. The first kappa shape index (κ1) is 21.3. The summed E-state index contributed by atoms with van der Waals surface area (Å²) in [6, 6.07) is 7.98. The molecule has 6 heteroatoms. The average molecular weight is 413 g/mol. The van der Waals surface area contributed by atoms with Gasteiger partial charge in [-0.15, -0.1) is 17.8 Å². The van der Waals surface area contributed by atoms with Crippen molar-refractivity contribution in [2.24, 2.45) is 5.41 Å². The number of nitrogens with one attached hydrogen (secondary N) is 1. The largest absolute Gasteiger partial charge is 0.455 e. The van der Waals surface area contributed by atoms with Gasteiger partial charge in [0, 0.05) is 6.42 Å². The second-order valence-electron chi connectivity index (χ2n) is 7.80. The fourth-order valence-corrected chi connectivity index (χ4v) is 5.16. The molecule has 1 amide bonds. The lowest BCUT2D eigenvalue weighted by atomic mass is 9.83. The molecule has 29 heavy (non-hydrogen) atoms. The monoisotopic (exact) mass is 412 g/mol. The van der Waals surface area contributed by atoms with Crippen LogP contribution in [0.3, 0.4) is 0 Å². The van der Waals surface area contributed by atoms with E-state index in [9.17, 15) is 9.59 Å². The number of thiazole rings is 1. The van der Waals surface area contributed by atoms with Gasteiger partial charge < -0.3 is 10.1 Å². The number of esters is 1. The highest BCUT2D eigenvalue weighted by Gasteiger charge is 2.43. The lowest BCUT2D eigenvalue weighted by Gasteiger charge is -2.28. The zero-order valence-corrected chi connectivity index (χ0v) is 17.9. The molecule has 1 aromatic carbocycles. The number of nitrogens with zero attached hydrogens (tertiary/aromatic N) is 1. The van der Waals surface area contributed by atoms with Gasteiger partial charge in [0.2, 0.25) is 0 Å². The van der Waals surface area contributed by atoms with Crippen LogP contribution < -0.4 is 5.32 Å². The van der Waals surface area contributed by atoms with Crippen molar-refractivity contribution in [1.82, 2.24) is 10.3 Å². The topological polar surface area (TPSA) is 68.3 Å². The van der Waals surface area contributed by atoms with Crippen molar-refractivity contribution < 1.29 is 14.3 Å². The molecule has 0 atom stereocenters. The Balaban J connectivity index is 1.66. The number of rotatable bonds is 8. The summed E-state index contributed by atoms with van der Waals surface area (Å²) in [5.74, 6) is 2.01. The van der Waals surface area contributed by atoms with Gasteiger partial charge in [-0.2, -0.15) is 0 Å². The van der Waals surface area contributed by atoms with E-state index >= 15 is 0 Å². The van der Waals surface area contributed by atoms with Crippen LogP contribution in [0.2, 0.25) is 0 Å². The van der Waals surface area contributed by atoms with E-state index in [1.165, 1.54) is 0 Å². The average Bonchev–Trinajstić information content (AvgIpc) is 3.37. The van der Waals surface area contributed by atoms with Crippen molar-refractivity contribution in [1.29, 1.82) is 0 Å². The summed E-state index contributed by atoms with van der Waals surface area (Å²) in [4.78, 5) is 30.0. The highest BCUT2D eigenvalue weighted by molar-refractivity contribution is 7.18. The van der Waals surface area contributed by atoms with E-state index < -0.39 is 11.0 Å². The Morgan fingerprint density at radius 2 is 1.97 bits per heavy atom. The third-order valence-electron chi connectivity index (χ3n) is 6.02. The molecule has 154 valence electrons. The Morgan fingerprint density at radius 3 is 2.59 bits per heavy atom. The standard InChI is InChI=1S/C23H28N2O3S/c1-4-23(5-2,6-3)25-19(26)16-28-21(27)22(13-9-10-14-22)15-20-24-17-11-7-8-12-18(17)29-20/h1,7-8,11-12H,5-6,9-10,13-16H2,2-3H3,(H,25,26). The molecule has 1 fully saturated rings. The first-order valence-corrected chi connectivity index (χ1v) is 11.1. The lowest BCUT2D eigenvalue weighted by molar-refractivity contribution is -0.159. The zero-order valence-electron chi connectivity index (χ0n) is 17.1. The molecule has 0 unspecified atom stereocenters. The Labute approximate surface area is 176 Å². The maximum Gasteiger partial charge on any atom is 0.313 e. The summed E-state index contributed by atoms with van der Waals surface area (Å²) < 4.78 is 6.59. The van der Waals surface area contributed by atoms with Crippen LogP contribution in [0.15, 0.2) is 24.3 Å². The number of hydrogen-bond acceptors (Lipinski definition) is 5. The molecule has 1 N–H and O–H groups in total. The summed E-state index contributed by atoms with van der Waals surface area (Å²) in [6.45, 7) is 3.56. The van der Waals surface area contributed by atoms with Gasteiger partial charge in [0.05, 0.1) is 20.6 Å². The van der Waals surface area contributed by atoms with E-state index in [-0.39, 0.29) is 18.5 Å². The van der Waals surface area contributed by atoms with Crippen molar-refractivity contribution in [2.45, 2.75) is 64.3 Å². The molecule has 0 aliphatic heterocycles. The van der Waals surface area contributed by atoms with E-state index in [0.717, 1.165) is 40.9 Å². The Hall–Kier alpha value is -2.39. The van der Waals surface area contributed by atoms with Crippen LogP contribution in [-0.4, -0.2) is 29.0 Å². The number of ether oxygens (including phenoxy) is 1. The maximum atomic E-state index is 13.0. The summed E-state index contributed by atoms with van der Waals surface area (Å²) in [5, 5.41) is 3.79. The summed E-state index contributed by atoms with van der Waals surface area (Å²) in [5.41, 5.74) is -0.319. The van der Waals surface area contributed by atoms with Crippen LogP contribution in [0.4, 0.5) is 0 Å². The van der Waals surface area contributed by atoms with E-state index in [1.54, 1.807) is 11.3 Å². The fourth-order valence-electron chi connectivity index (χ4n) is 4.04. The molecule has 0 saturated heterocycles. The molecule has 0 bridgehead atoms. The van der Waals surface area contributed by atoms with Gasteiger partial charge in [0.15, 0.2) is 6.61 Å². The summed E-state index contributed by atoms with van der Waals surface area (Å²) in [7, 11) is 0.